The van der Waals surface area contributed by atoms with Crippen molar-refractivity contribution in [1.29, 1.82) is 0 Å². The Balaban J connectivity index is 3.27. The number of hydrogen-bond acceptors (Lipinski definition) is 4. The number of esters is 2. The summed E-state index contributed by atoms with van der Waals surface area (Å²) in [7, 11) is 0. The van der Waals surface area contributed by atoms with E-state index in [1.165, 1.54) is 135 Å². The molecule has 0 heterocycles. The Hall–Kier alpha value is -1.06. The van der Waals surface area contributed by atoms with E-state index in [9.17, 15) is 9.59 Å². The quantitative estimate of drug-likeness (QED) is 0.0692. The molecule has 0 aliphatic carbocycles. The molecule has 0 aliphatic heterocycles. The van der Waals surface area contributed by atoms with Crippen LogP contribution in [0, 0.1) is 0 Å². The van der Waals surface area contributed by atoms with Gasteiger partial charge >= 0.3 is 11.9 Å². The van der Waals surface area contributed by atoms with E-state index in [4.69, 9.17) is 9.47 Å². The van der Waals surface area contributed by atoms with E-state index in [0.29, 0.717) is 12.8 Å². The number of unbranched alkanes of at least 4 members (excludes halogenated alkanes) is 23. The van der Waals surface area contributed by atoms with E-state index in [1.54, 1.807) is 0 Å². The van der Waals surface area contributed by atoms with Gasteiger partial charge in [0.25, 0.3) is 0 Å². The first-order valence-electron chi connectivity index (χ1n) is 16.5. The fraction of sp³-hybridized carbons (Fsp3) is 0.939. The molecule has 0 amide bonds. The van der Waals surface area contributed by atoms with Gasteiger partial charge < -0.3 is 9.47 Å². The monoisotopic (exact) mass is 524 g/mol. The minimum Gasteiger partial charge on any atom is -0.462 e. The lowest BCUT2D eigenvalue weighted by Gasteiger charge is -2.07. The molecule has 220 valence electrons. The van der Waals surface area contributed by atoms with Gasteiger partial charge in [-0.2, -0.15) is 0 Å². The van der Waals surface area contributed by atoms with Gasteiger partial charge in [0.1, 0.15) is 13.2 Å². The molecule has 0 spiro atoms. The van der Waals surface area contributed by atoms with Gasteiger partial charge in [0, 0.05) is 12.8 Å². The number of hydrogen-bond donors (Lipinski definition) is 0. The van der Waals surface area contributed by atoms with E-state index in [1.807, 2.05) is 0 Å². The molecule has 0 aliphatic rings. The average Bonchev–Trinajstić information content (AvgIpc) is 2.90. The van der Waals surface area contributed by atoms with Crippen molar-refractivity contribution in [2.45, 2.75) is 187 Å². The Bertz CT molecular complexity index is 477. The molecule has 0 saturated carbocycles. The Kier molecular flexibility index (Phi) is 30.3. The molecule has 0 unspecified atom stereocenters. The second-order valence-corrected chi connectivity index (χ2v) is 11.1. The molecule has 0 fully saturated rings. The Morgan fingerprint density at radius 1 is 0.351 bits per heavy atom. The van der Waals surface area contributed by atoms with Crippen molar-refractivity contribution in [3.63, 3.8) is 0 Å². The zero-order valence-corrected chi connectivity index (χ0v) is 25.1. The van der Waals surface area contributed by atoms with Gasteiger partial charge in [-0.25, -0.2) is 0 Å². The van der Waals surface area contributed by atoms with Gasteiger partial charge in [-0.15, -0.1) is 0 Å². The molecule has 0 bridgehead atoms. The highest BCUT2D eigenvalue weighted by Gasteiger charge is 2.06. The van der Waals surface area contributed by atoms with Crippen LogP contribution in [0.25, 0.3) is 0 Å². The first kappa shape index (κ1) is 35.9. The zero-order chi connectivity index (χ0) is 27.1. The van der Waals surface area contributed by atoms with Gasteiger partial charge in [-0.3, -0.25) is 9.59 Å². The van der Waals surface area contributed by atoms with E-state index in [2.05, 4.69) is 13.8 Å². The predicted molar refractivity (Wildman–Crippen MR) is 158 cm³/mol. The van der Waals surface area contributed by atoms with E-state index >= 15 is 0 Å². The van der Waals surface area contributed by atoms with Crippen LogP contribution in [0.5, 0.6) is 0 Å². The fourth-order valence-electron chi connectivity index (χ4n) is 4.85. The summed E-state index contributed by atoms with van der Waals surface area (Å²) in [5.74, 6) is -0.334. The molecule has 0 aromatic heterocycles. The number of ether oxygens (including phenoxy) is 2. The topological polar surface area (TPSA) is 52.6 Å². The molecular weight excluding hydrogens is 460 g/mol. The Morgan fingerprint density at radius 2 is 0.568 bits per heavy atom. The number of carbonyl (C=O) groups is 2. The number of carbonyl (C=O) groups excluding carboxylic acids is 2. The van der Waals surface area contributed by atoms with Crippen molar-refractivity contribution < 1.29 is 19.1 Å². The maximum Gasteiger partial charge on any atom is 0.305 e. The summed E-state index contributed by atoms with van der Waals surface area (Å²) in [5, 5.41) is 0. The maximum absolute atomic E-state index is 11.8. The van der Waals surface area contributed by atoms with Crippen molar-refractivity contribution in [2.75, 3.05) is 13.2 Å². The maximum atomic E-state index is 11.8. The molecule has 4 heteroatoms. The van der Waals surface area contributed by atoms with E-state index < -0.39 is 0 Å². The fourth-order valence-corrected chi connectivity index (χ4v) is 4.85. The minimum atomic E-state index is -0.167. The lowest BCUT2D eigenvalue weighted by Crippen LogP contribution is -2.13. The van der Waals surface area contributed by atoms with Crippen molar-refractivity contribution in [1.82, 2.24) is 0 Å². The van der Waals surface area contributed by atoms with Crippen molar-refractivity contribution in [3.8, 4) is 0 Å². The summed E-state index contributed by atoms with van der Waals surface area (Å²) in [6, 6.07) is 0. The van der Waals surface area contributed by atoms with Crippen LogP contribution in [0.2, 0.25) is 0 Å². The Labute approximate surface area is 231 Å². The van der Waals surface area contributed by atoms with Crippen LogP contribution in [0.1, 0.15) is 187 Å². The second kappa shape index (κ2) is 31.2. The van der Waals surface area contributed by atoms with Gasteiger partial charge in [0.2, 0.25) is 0 Å². The third kappa shape index (κ3) is 31.1. The van der Waals surface area contributed by atoms with Gasteiger partial charge in [0.15, 0.2) is 0 Å². The molecule has 0 aromatic carbocycles. The van der Waals surface area contributed by atoms with Crippen LogP contribution in [0.15, 0.2) is 0 Å². The van der Waals surface area contributed by atoms with Gasteiger partial charge in [-0.05, 0) is 12.8 Å². The molecule has 0 saturated heterocycles. The molecule has 0 radical (unpaired) electrons. The van der Waals surface area contributed by atoms with Crippen molar-refractivity contribution in [3.05, 3.63) is 0 Å². The lowest BCUT2D eigenvalue weighted by atomic mass is 10.0. The van der Waals surface area contributed by atoms with Crippen molar-refractivity contribution >= 4 is 11.9 Å². The molecule has 37 heavy (non-hydrogen) atoms. The molecular formula is C33H64O4. The van der Waals surface area contributed by atoms with Crippen LogP contribution in [-0.2, 0) is 19.1 Å². The zero-order valence-electron chi connectivity index (χ0n) is 25.1. The van der Waals surface area contributed by atoms with E-state index in [0.717, 1.165) is 25.7 Å². The van der Waals surface area contributed by atoms with Crippen LogP contribution in [-0.4, -0.2) is 25.2 Å². The minimum absolute atomic E-state index is 0.167. The molecule has 4 nitrogen and oxygen atoms in total. The highest BCUT2D eigenvalue weighted by atomic mass is 16.6. The highest BCUT2D eigenvalue weighted by Crippen LogP contribution is 2.14. The van der Waals surface area contributed by atoms with E-state index in [-0.39, 0.29) is 25.2 Å². The van der Waals surface area contributed by atoms with Crippen LogP contribution in [0.4, 0.5) is 0 Å². The first-order chi connectivity index (χ1) is 18.2. The van der Waals surface area contributed by atoms with Crippen LogP contribution >= 0.6 is 0 Å². The molecule has 0 N–H and O–H groups in total. The highest BCUT2D eigenvalue weighted by molar-refractivity contribution is 5.70. The normalized spacial score (nSPS) is 11.1. The second-order valence-electron chi connectivity index (χ2n) is 11.1. The molecule has 0 atom stereocenters. The summed E-state index contributed by atoms with van der Waals surface area (Å²) >= 11 is 0. The van der Waals surface area contributed by atoms with Crippen LogP contribution in [0.3, 0.4) is 0 Å². The van der Waals surface area contributed by atoms with Gasteiger partial charge in [-0.1, -0.05) is 162 Å². The smallest absolute Gasteiger partial charge is 0.305 e. The first-order valence-corrected chi connectivity index (χ1v) is 16.5. The lowest BCUT2D eigenvalue weighted by molar-refractivity contribution is -0.152. The summed E-state index contributed by atoms with van der Waals surface area (Å²) in [4.78, 5) is 23.6. The standard InChI is InChI=1S/C33H64O4/c1-3-5-7-9-11-13-15-17-19-21-23-25-27-29-33(35)37-31-30-36-32(34)28-26-24-22-20-18-16-14-12-10-8-6-4-2/h3-31H2,1-2H3. The average molecular weight is 525 g/mol. The third-order valence-corrected chi connectivity index (χ3v) is 7.33. The van der Waals surface area contributed by atoms with Crippen molar-refractivity contribution in [2.24, 2.45) is 0 Å². The molecule has 0 aromatic rings. The summed E-state index contributed by atoms with van der Waals surface area (Å²) in [6.07, 6.45) is 33.2. The summed E-state index contributed by atoms with van der Waals surface area (Å²) < 4.78 is 10.4. The number of rotatable bonds is 30. The Morgan fingerprint density at radius 3 is 0.811 bits per heavy atom. The van der Waals surface area contributed by atoms with Gasteiger partial charge in [0.05, 0.1) is 0 Å². The summed E-state index contributed by atoms with van der Waals surface area (Å²) in [6.45, 7) is 4.89. The summed E-state index contributed by atoms with van der Waals surface area (Å²) in [5.41, 5.74) is 0. The third-order valence-electron chi connectivity index (χ3n) is 7.33. The molecule has 0 rings (SSSR count). The SMILES string of the molecule is CCCCCCCCCCCCCCCC(=O)OCCOC(=O)CCCCCCCCCCCCCC. The predicted octanol–water partition coefficient (Wildman–Crippen LogP) is 10.6. The largest absolute Gasteiger partial charge is 0.462 e. The van der Waals surface area contributed by atoms with Crippen LogP contribution < -0.4 is 0 Å².